The summed E-state index contributed by atoms with van der Waals surface area (Å²) >= 11 is 0. The van der Waals surface area contributed by atoms with Crippen LogP contribution in [0.15, 0.2) is 35.4 Å². The van der Waals surface area contributed by atoms with Gasteiger partial charge in [0, 0.05) is 11.1 Å². The summed E-state index contributed by atoms with van der Waals surface area (Å²) in [6, 6.07) is 2.74. The first-order chi connectivity index (χ1) is 9.43. The number of phenolic OH excluding ortho intramolecular Hbond substituents is 2. The van der Waals surface area contributed by atoms with Crippen molar-refractivity contribution >= 4 is 6.29 Å². The van der Waals surface area contributed by atoms with Gasteiger partial charge in [-0.15, -0.1) is 0 Å². The number of hydrogen-bond acceptors (Lipinski definition) is 3. The fourth-order valence-electron chi connectivity index (χ4n) is 1.91. The van der Waals surface area contributed by atoms with Crippen LogP contribution in [0.4, 0.5) is 0 Å². The Labute approximate surface area is 120 Å². The maximum atomic E-state index is 10.6. The summed E-state index contributed by atoms with van der Waals surface area (Å²) in [6.45, 7) is 6.18. The number of rotatable bonds is 6. The smallest absolute Gasteiger partial charge is 0.150 e. The summed E-state index contributed by atoms with van der Waals surface area (Å²) in [4.78, 5) is 10.6. The van der Waals surface area contributed by atoms with E-state index in [1.807, 2.05) is 13.0 Å². The summed E-state index contributed by atoms with van der Waals surface area (Å²) in [5.74, 6) is -0.0825. The van der Waals surface area contributed by atoms with E-state index in [4.69, 9.17) is 0 Å². The summed E-state index contributed by atoms with van der Waals surface area (Å²) in [7, 11) is 0. The summed E-state index contributed by atoms with van der Waals surface area (Å²) in [6.07, 6.45) is 7.19. The van der Waals surface area contributed by atoms with Crippen LogP contribution in [0, 0.1) is 0 Å². The predicted octanol–water partition coefficient (Wildman–Crippen LogP) is 4.15. The van der Waals surface area contributed by atoms with Crippen LogP contribution >= 0.6 is 0 Å². The average Bonchev–Trinajstić information content (AvgIpc) is 2.36. The lowest BCUT2D eigenvalue weighted by Crippen LogP contribution is -1.89. The zero-order chi connectivity index (χ0) is 15.1. The molecule has 20 heavy (non-hydrogen) atoms. The number of phenols is 2. The molecule has 3 nitrogen and oxygen atoms in total. The Morgan fingerprint density at radius 2 is 1.70 bits per heavy atom. The summed E-state index contributed by atoms with van der Waals surface area (Å²) < 4.78 is 0. The highest BCUT2D eigenvalue weighted by atomic mass is 16.3. The number of allylic oxidation sites excluding steroid dienone is 4. The van der Waals surface area contributed by atoms with Crippen molar-refractivity contribution < 1.29 is 15.0 Å². The first-order valence-electron chi connectivity index (χ1n) is 6.73. The standard InChI is InChI=1S/C17H22O3/c1-12(2)5-4-6-13(3)7-8-15-16(19)9-14(11-18)10-17(15)20/h5,7,9-11,19-20H,4,6,8H2,1-3H3/b13-7+. The van der Waals surface area contributed by atoms with E-state index < -0.39 is 0 Å². The van der Waals surface area contributed by atoms with Crippen LogP contribution < -0.4 is 0 Å². The van der Waals surface area contributed by atoms with Gasteiger partial charge in [0.15, 0.2) is 0 Å². The monoisotopic (exact) mass is 274 g/mol. The Kier molecular flexibility index (Phi) is 6.04. The molecule has 0 aliphatic rings. The van der Waals surface area contributed by atoms with E-state index in [9.17, 15) is 15.0 Å². The van der Waals surface area contributed by atoms with Gasteiger partial charge in [-0.05, 0) is 52.2 Å². The molecule has 0 aromatic heterocycles. The lowest BCUT2D eigenvalue weighted by atomic mass is 10.0. The number of aromatic hydroxyl groups is 2. The third-order valence-corrected chi connectivity index (χ3v) is 3.11. The van der Waals surface area contributed by atoms with E-state index in [-0.39, 0.29) is 17.1 Å². The number of carbonyl (C=O) groups is 1. The third-order valence-electron chi connectivity index (χ3n) is 3.11. The number of hydrogen-bond donors (Lipinski definition) is 2. The van der Waals surface area contributed by atoms with Crippen molar-refractivity contribution in [2.75, 3.05) is 0 Å². The largest absolute Gasteiger partial charge is 0.507 e. The van der Waals surface area contributed by atoms with Gasteiger partial charge in [0.2, 0.25) is 0 Å². The molecule has 0 atom stereocenters. The fraction of sp³-hybridized carbons (Fsp3) is 0.353. The zero-order valence-electron chi connectivity index (χ0n) is 12.3. The van der Waals surface area contributed by atoms with Crippen molar-refractivity contribution in [3.63, 3.8) is 0 Å². The van der Waals surface area contributed by atoms with Gasteiger partial charge in [0.25, 0.3) is 0 Å². The molecule has 0 unspecified atom stereocenters. The van der Waals surface area contributed by atoms with Crippen LogP contribution in [0.2, 0.25) is 0 Å². The Bertz CT molecular complexity index is 512. The Hall–Kier alpha value is -2.03. The van der Waals surface area contributed by atoms with Gasteiger partial charge in [-0.25, -0.2) is 0 Å². The lowest BCUT2D eigenvalue weighted by Gasteiger charge is -2.07. The second kappa shape index (κ2) is 7.53. The molecule has 0 bridgehead atoms. The average molecular weight is 274 g/mol. The van der Waals surface area contributed by atoms with E-state index in [2.05, 4.69) is 19.9 Å². The Morgan fingerprint density at radius 1 is 1.10 bits per heavy atom. The van der Waals surface area contributed by atoms with E-state index in [0.29, 0.717) is 18.3 Å². The molecule has 1 aromatic carbocycles. The molecule has 3 heteroatoms. The summed E-state index contributed by atoms with van der Waals surface area (Å²) in [5, 5.41) is 19.6. The second-order valence-electron chi connectivity index (χ2n) is 5.23. The first kappa shape index (κ1) is 16.0. The highest BCUT2D eigenvalue weighted by Crippen LogP contribution is 2.29. The van der Waals surface area contributed by atoms with Crippen LogP contribution in [0.5, 0.6) is 11.5 Å². The van der Waals surface area contributed by atoms with Crippen molar-refractivity contribution in [1.29, 1.82) is 0 Å². The maximum Gasteiger partial charge on any atom is 0.150 e. The third kappa shape index (κ3) is 4.92. The molecule has 2 N–H and O–H groups in total. The highest BCUT2D eigenvalue weighted by Gasteiger charge is 2.08. The van der Waals surface area contributed by atoms with Gasteiger partial charge in [0.05, 0.1) is 0 Å². The highest BCUT2D eigenvalue weighted by molar-refractivity contribution is 5.77. The van der Waals surface area contributed by atoms with Gasteiger partial charge in [-0.1, -0.05) is 23.3 Å². The molecule has 0 saturated heterocycles. The molecule has 0 fully saturated rings. The quantitative estimate of drug-likeness (QED) is 0.605. The molecule has 0 saturated carbocycles. The maximum absolute atomic E-state index is 10.6. The molecule has 0 aliphatic heterocycles. The van der Waals surface area contributed by atoms with Gasteiger partial charge >= 0.3 is 0 Å². The molecule has 0 spiro atoms. The van der Waals surface area contributed by atoms with E-state index in [1.54, 1.807) is 0 Å². The van der Waals surface area contributed by atoms with Crippen LogP contribution in [0.1, 0.15) is 49.5 Å². The minimum atomic E-state index is -0.0413. The molecule has 0 heterocycles. The molecule has 108 valence electrons. The van der Waals surface area contributed by atoms with Gasteiger partial charge in [-0.2, -0.15) is 0 Å². The molecular weight excluding hydrogens is 252 g/mol. The lowest BCUT2D eigenvalue weighted by molar-refractivity contribution is 0.112. The molecule has 0 aliphatic carbocycles. The predicted molar refractivity (Wildman–Crippen MR) is 81.3 cm³/mol. The second-order valence-corrected chi connectivity index (χ2v) is 5.23. The van der Waals surface area contributed by atoms with E-state index in [1.165, 1.54) is 23.3 Å². The molecular formula is C17H22O3. The van der Waals surface area contributed by atoms with Crippen molar-refractivity contribution in [1.82, 2.24) is 0 Å². The topological polar surface area (TPSA) is 57.5 Å². The zero-order valence-corrected chi connectivity index (χ0v) is 12.3. The first-order valence-corrected chi connectivity index (χ1v) is 6.73. The molecule has 0 amide bonds. The van der Waals surface area contributed by atoms with Crippen LogP contribution in [0.3, 0.4) is 0 Å². The Balaban J connectivity index is 2.74. The minimum absolute atomic E-state index is 0.0413. The van der Waals surface area contributed by atoms with Crippen molar-refractivity contribution in [2.24, 2.45) is 0 Å². The van der Waals surface area contributed by atoms with Gasteiger partial charge in [0.1, 0.15) is 17.8 Å². The van der Waals surface area contributed by atoms with Crippen LogP contribution in [0.25, 0.3) is 0 Å². The molecule has 0 radical (unpaired) electrons. The fourth-order valence-corrected chi connectivity index (χ4v) is 1.91. The molecule has 1 rings (SSSR count). The summed E-state index contributed by atoms with van der Waals surface area (Å²) in [5.41, 5.74) is 3.24. The van der Waals surface area contributed by atoms with Gasteiger partial charge < -0.3 is 10.2 Å². The van der Waals surface area contributed by atoms with E-state index >= 15 is 0 Å². The SMILES string of the molecule is CC(C)=CCC/C(C)=C/Cc1c(O)cc(C=O)cc1O. The van der Waals surface area contributed by atoms with Crippen LogP contribution in [-0.4, -0.2) is 16.5 Å². The Morgan fingerprint density at radius 3 is 2.20 bits per heavy atom. The minimum Gasteiger partial charge on any atom is -0.507 e. The number of aldehydes is 1. The number of benzene rings is 1. The molecule has 1 aromatic rings. The van der Waals surface area contributed by atoms with Crippen molar-refractivity contribution in [3.8, 4) is 11.5 Å². The van der Waals surface area contributed by atoms with Crippen molar-refractivity contribution in [3.05, 3.63) is 46.6 Å². The normalized spacial score (nSPS) is 11.2. The van der Waals surface area contributed by atoms with Crippen LogP contribution in [-0.2, 0) is 6.42 Å². The number of carbonyl (C=O) groups excluding carboxylic acids is 1. The van der Waals surface area contributed by atoms with Gasteiger partial charge in [-0.3, -0.25) is 4.79 Å². The van der Waals surface area contributed by atoms with E-state index in [0.717, 1.165) is 12.8 Å². The van der Waals surface area contributed by atoms with Crippen molar-refractivity contribution in [2.45, 2.75) is 40.0 Å².